The quantitative estimate of drug-likeness (QED) is 0.337. The van der Waals surface area contributed by atoms with Gasteiger partial charge in [-0.2, -0.15) is 5.43 Å². The highest BCUT2D eigenvalue weighted by molar-refractivity contribution is 5.22. The number of rotatable bonds is 4. The summed E-state index contributed by atoms with van der Waals surface area (Å²) in [5.74, 6) is 0. The lowest BCUT2D eigenvalue weighted by Gasteiger charge is -2.17. The average molecular weight is 117 g/mol. The lowest BCUT2D eigenvalue weighted by atomic mass is 10.7. The summed E-state index contributed by atoms with van der Waals surface area (Å²) in [6.45, 7) is 4.19. The van der Waals surface area contributed by atoms with Crippen LogP contribution >= 0.6 is 0 Å². The van der Waals surface area contributed by atoms with Crippen molar-refractivity contribution in [1.82, 2.24) is 5.43 Å². The van der Waals surface area contributed by atoms with Crippen LogP contribution in [-0.2, 0) is 0 Å². The van der Waals surface area contributed by atoms with E-state index in [9.17, 15) is 5.21 Å². The summed E-state index contributed by atoms with van der Waals surface area (Å²) in [6.07, 6.45) is 0. The van der Waals surface area contributed by atoms with Crippen LogP contribution in [0, 0.1) is 5.21 Å². The first kappa shape index (κ1) is 7.55. The van der Waals surface area contributed by atoms with E-state index in [0.29, 0.717) is 13.1 Å². The van der Waals surface area contributed by atoms with E-state index in [-0.39, 0.29) is 5.17 Å². The van der Waals surface area contributed by atoms with Crippen molar-refractivity contribution >= 4 is 6.72 Å². The van der Waals surface area contributed by atoms with E-state index < -0.39 is 0 Å². The largest absolute Gasteiger partial charge is 0.613 e. The van der Waals surface area contributed by atoms with Gasteiger partial charge in [0.2, 0.25) is 0 Å². The summed E-state index contributed by atoms with van der Waals surface area (Å²) in [7, 11) is 1.60. The highest BCUT2D eigenvalue weighted by atomic mass is 16.5. The molecule has 0 aromatic heterocycles. The van der Waals surface area contributed by atoms with Gasteiger partial charge in [0.1, 0.15) is 6.54 Å². The molecular formula is C4H11N3O. The Morgan fingerprint density at radius 2 is 2.50 bits per heavy atom. The van der Waals surface area contributed by atoms with Gasteiger partial charge < -0.3 is 5.21 Å². The maximum Gasteiger partial charge on any atom is 0.114 e. The number of hydroxylamine groups is 1. The van der Waals surface area contributed by atoms with Crippen LogP contribution < -0.4 is 10.6 Å². The predicted octanol–water partition coefficient (Wildman–Crippen LogP) is -1.80. The second-order valence-corrected chi connectivity index (χ2v) is 1.37. The number of hydrogen-bond acceptors (Lipinski definition) is 3. The van der Waals surface area contributed by atoms with Crippen LogP contribution in [0.1, 0.15) is 0 Å². The minimum absolute atomic E-state index is 0.0115. The first-order chi connectivity index (χ1) is 3.81. The highest BCUT2D eigenvalue weighted by Crippen LogP contribution is 1.53. The maximum atomic E-state index is 10.4. The summed E-state index contributed by atoms with van der Waals surface area (Å²) >= 11 is 0. The third kappa shape index (κ3) is 3.73. The van der Waals surface area contributed by atoms with Gasteiger partial charge in [0.25, 0.3) is 0 Å². The fourth-order valence-electron chi connectivity index (χ4n) is 0.306. The molecule has 4 nitrogen and oxygen atoms in total. The molecule has 0 aromatic rings. The molecule has 1 atom stereocenters. The van der Waals surface area contributed by atoms with E-state index in [0.717, 1.165) is 0 Å². The Bertz CT molecular complexity index is 66.3. The Hall–Kier alpha value is -0.450. The molecule has 0 saturated heterocycles. The molecule has 48 valence electrons. The Balaban J connectivity index is 2.97. The summed E-state index contributed by atoms with van der Waals surface area (Å²) in [5, 5.41) is 10.4. The van der Waals surface area contributed by atoms with Gasteiger partial charge in [-0.1, -0.05) is 0 Å². The van der Waals surface area contributed by atoms with Crippen molar-refractivity contribution in [1.29, 1.82) is 0 Å². The molecule has 0 bridgehead atoms. The second-order valence-electron chi connectivity index (χ2n) is 1.37. The molecule has 0 fully saturated rings. The predicted molar refractivity (Wildman–Crippen MR) is 32.7 cm³/mol. The Morgan fingerprint density at radius 3 is 2.88 bits per heavy atom. The van der Waals surface area contributed by atoms with Gasteiger partial charge in [0.05, 0.1) is 6.54 Å². The van der Waals surface area contributed by atoms with Gasteiger partial charge in [-0.25, -0.2) is 0 Å². The van der Waals surface area contributed by atoms with Crippen molar-refractivity contribution in [3.8, 4) is 0 Å². The smallest absolute Gasteiger partial charge is 0.114 e. The molecule has 0 aliphatic carbocycles. The van der Waals surface area contributed by atoms with Crippen molar-refractivity contribution in [2.45, 2.75) is 0 Å². The summed E-state index contributed by atoms with van der Waals surface area (Å²) in [5.41, 5.74) is 2.47. The zero-order valence-electron chi connectivity index (χ0n) is 4.98. The molecule has 0 saturated carbocycles. The van der Waals surface area contributed by atoms with Gasteiger partial charge >= 0.3 is 0 Å². The third-order valence-corrected chi connectivity index (χ3v) is 0.776. The van der Waals surface area contributed by atoms with Gasteiger partial charge in [-0.05, 0) is 6.72 Å². The summed E-state index contributed by atoms with van der Waals surface area (Å²) in [4.78, 5) is 3.51. The lowest BCUT2D eigenvalue weighted by molar-refractivity contribution is -0.892. The molecule has 0 aliphatic heterocycles. The number of nitrogens with one attached hydrogen (secondary N) is 2. The molecule has 0 aromatic carbocycles. The van der Waals surface area contributed by atoms with Crippen molar-refractivity contribution in [2.75, 3.05) is 20.1 Å². The fourth-order valence-corrected chi connectivity index (χ4v) is 0.306. The first-order valence-corrected chi connectivity index (χ1v) is 2.44. The molecule has 0 amide bonds. The maximum absolute atomic E-state index is 10.4. The van der Waals surface area contributed by atoms with Crippen LogP contribution in [0.3, 0.4) is 0 Å². The Kier molecular flexibility index (Phi) is 4.44. The standard InChI is InChI=1S/C4H11N3O/c1-5-3-4-7(8)6-2/h6-7H,1,3-4H2,2H3. The normalized spacial score (nSPS) is 13.2. The van der Waals surface area contributed by atoms with E-state index in [4.69, 9.17) is 0 Å². The van der Waals surface area contributed by atoms with Crippen molar-refractivity contribution in [3.63, 3.8) is 0 Å². The Morgan fingerprint density at radius 1 is 1.88 bits per heavy atom. The zero-order valence-corrected chi connectivity index (χ0v) is 4.98. The van der Waals surface area contributed by atoms with Crippen molar-refractivity contribution in [3.05, 3.63) is 5.21 Å². The van der Waals surface area contributed by atoms with Gasteiger partial charge in [-0.3, -0.25) is 10.2 Å². The van der Waals surface area contributed by atoms with Gasteiger partial charge in [0.15, 0.2) is 0 Å². The second kappa shape index (κ2) is 4.70. The van der Waals surface area contributed by atoms with Crippen molar-refractivity contribution < 1.29 is 5.17 Å². The topological polar surface area (TPSA) is 51.9 Å². The van der Waals surface area contributed by atoms with Gasteiger partial charge in [-0.15, -0.1) is 0 Å². The minimum atomic E-state index is 0.0115. The number of aliphatic imine (C=N–C) groups is 1. The van der Waals surface area contributed by atoms with Crippen LogP contribution in [0.4, 0.5) is 0 Å². The van der Waals surface area contributed by atoms with Crippen LogP contribution in [-0.4, -0.2) is 26.9 Å². The molecule has 0 radical (unpaired) electrons. The minimum Gasteiger partial charge on any atom is -0.613 e. The van der Waals surface area contributed by atoms with E-state index in [1.807, 2.05) is 0 Å². The number of hydrogen-bond donors (Lipinski definition) is 2. The van der Waals surface area contributed by atoms with E-state index in [1.54, 1.807) is 7.05 Å². The molecule has 0 spiro atoms. The van der Waals surface area contributed by atoms with E-state index >= 15 is 0 Å². The van der Waals surface area contributed by atoms with E-state index in [2.05, 4.69) is 17.1 Å². The molecule has 8 heavy (non-hydrogen) atoms. The summed E-state index contributed by atoms with van der Waals surface area (Å²) < 4.78 is 0. The van der Waals surface area contributed by atoms with Gasteiger partial charge in [0, 0.05) is 7.05 Å². The fraction of sp³-hybridized carbons (Fsp3) is 0.750. The number of nitrogens with zero attached hydrogens (tertiary/aromatic N) is 1. The first-order valence-electron chi connectivity index (χ1n) is 2.44. The van der Waals surface area contributed by atoms with E-state index in [1.165, 1.54) is 0 Å². The SMILES string of the molecule is C=NCC[NH+]([O-])NC. The molecule has 1 unspecified atom stereocenters. The van der Waals surface area contributed by atoms with Crippen LogP contribution in [0.25, 0.3) is 0 Å². The zero-order chi connectivity index (χ0) is 6.41. The average Bonchev–Trinajstić information content (AvgIpc) is 1.83. The molecule has 2 N–H and O–H groups in total. The summed E-state index contributed by atoms with van der Waals surface area (Å²) in [6, 6.07) is 0. The monoisotopic (exact) mass is 117 g/mol. The molecule has 0 rings (SSSR count). The Labute approximate surface area is 48.8 Å². The van der Waals surface area contributed by atoms with Crippen molar-refractivity contribution in [2.24, 2.45) is 4.99 Å². The lowest BCUT2D eigenvalue weighted by Crippen LogP contribution is -3.14. The highest BCUT2D eigenvalue weighted by Gasteiger charge is 1.86. The molecule has 0 aliphatic rings. The van der Waals surface area contributed by atoms with Crippen LogP contribution in [0.5, 0.6) is 0 Å². The third-order valence-electron chi connectivity index (χ3n) is 0.776. The van der Waals surface area contributed by atoms with Crippen LogP contribution in [0.15, 0.2) is 4.99 Å². The number of quaternary nitrogens is 1. The van der Waals surface area contributed by atoms with Crippen LogP contribution in [0.2, 0.25) is 0 Å². The molecule has 0 heterocycles. The molecule has 4 heteroatoms. The molecular weight excluding hydrogens is 106 g/mol.